The van der Waals surface area contributed by atoms with E-state index in [9.17, 15) is 4.79 Å². The number of nitrogens with one attached hydrogen (secondary N) is 3. The number of amides is 1. The van der Waals surface area contributed by atoms with Gasteiger partial charge in [0.1, 0.15) is 5.76 Å². The first kappa shape index (κ1) is 22.0. The Labute approximate surface area is 179 Å². The Kier molecular flexibility index (Phi) is 8.00. The topological polar surface area (TPSA) is 78.7 Å². The first-order valence-electron chi connectivity index (χ1n) is 9.77. The Hall–Kier alpha value is -1.25. The molecule has 0 aliphatic heterocycles. The number of guanidine groups is 1. The van der Waals surface area contributed by atoms with Crippen LogP contribution in [0.4, 0.5) is 0 Å². The molecule has 0 spiro atoms. The number of carbonyl (C=O) groups excluding carboxylic acids is 1. The Morgan fingerprint density at radius 1 is 1.33 bits per heavy atom. The number of nitrogens with zero attached hydrogens (tertiary/aromatic N) is 1. The number of hydrogen-bond acceptors (Lipinski definition) is 3. The Morgan fingerprint density at radius 3 is 2.74 bits per heavy atom. The largest absolute Gasteiger partial charge is 0.469 e. The Balaban J connectivity index is 0.00000261. The lowest BCUT2D eigenvalue weighted by Gasteiger charge is -2.26. The molecule has 152 valence electrons. The van der Waals surface area contributed by atoms with Crippen molar-refractivity contribution in [2.75, 3.05) is 20.1 Å². The van der Waals surface area contributed by atoms with Crippen LogP contribution in [0.15, 0.2) is 27.8 Å². The van der Waals surface area contributed by atoms with Crippen LogP contribution in [0.1, 0.15) is 45.3 Å². The van der Waals surface area contributed by atoms with E-state index in [1.807, 2.05) is 26.0 Å². The molecule has 3 unspecified atom stereocenters. The van der Waals surface area contributed by atoms with Crippen molar-refractivity contribution in [3.8, 4) is 0 Å². The van der Waals surface area contributed by atoms with Crippen LogP contribution in [0, 0.1) is 17.3 Å². The number of carbonyl (C=O) groups is 1. The molecule has 2 aliphatic rings. The predicted molar refractivity (Wildman–Crippen MR) is 118 cm³/mol. The molecule has 1 aromatic heterocycles. The summed E-state index contributed by atoms with van der Waals surface area (Å²) in [6, 6.07) is 4.40. The summed E-state index contributed by atoms with van der Waals surface area (Å²) in [6.45, 7) is 5.05. The maximum Gasteiger partial charge on any atom is 0.227 e. The van der Waals surface area contributed by atoms with Crippen molar-refractivity contribution >= 4 is 35.8 Å². The molecule has 6 nitrogen and oxygen atoms in total. The van der Waals surface area contributed by atoms with Crippen LogP contribution >= 0.6 is 24.0 Å². The second-order valence-corrected chi connectivity index (χ2v) is 8.31. The molecule has 2 bridgehead atoms. The zero-order valence-electron chi connectivity index (χ0n) is 16.6. The third-order valence-corrected chi connectivity index (χ3v) is 5.78. The average Bonchev–Trinajstić information content (AvgIpc) is 3.37. The Bertz CT molecular complexity index is 630. The van der Waals surface area contributed by atoms with Crippen LogP contribution in [0.2, 0.25) is 0 Å². The first-order chi connectivity index (χ1) is 12.5. The molecule has 7 heteroatoms. The van der Waals surface area contributed by atoms with Crippen LogP contribution in [0.5, 0.6) is 0 Å². The fraction of sp³-hybridized carbons (Fsp3) is 0.700. The molecule has 2 aliphatic carbocycles. The zero-order chi connectivity index (χ0) is 18.6. The van der Waals surface area contributed by atoms with Crippen molar-refractivity contribution in [3.63, 3.8) is 0 Å². The quantitative estimate of drug-likeness (QED) is 0.314. The molecule has 0 aromatic carbocycles. The smallest absolute Gasteiger partial charge is 0.227 e. The van der Waals surface area contributed by atoms with Gasteiger partial charge in [-0.25, -0.2) is 0 Å². The van der Waals surface area contributed by atoms with Crippen LogP contribution in [-0.4, -0.2) is 38.0 Å². The summed E-state index contributed by atoms with van der Waals surface area (Å²) >= 11 is 0. The SMILES string of the molecule is CNC(=O)C(C)(C)CN=C(NCCc1ccco1)NC1CC2CCC1C2.I. The normalized spacial score (nSPS) is 24.4. The molecule has 27 heavy (non-hydrogen) atoms. The minimum atomic E-state index is -0.529. The van der Waals surface area contributed by atoms with E-state index in [0.717, 1.165) is 36.5 Å². The second-order valence-electron chi connectivity index (χ2n) is 8.31. The van der Waals surface area contributed by atoms with Gasteiger partial charge in [-0.05, 0) is 57.1 Å². The van der Waals surface area contributed by atoms with E-state index in [1.165, 1.54) is 25.7 Å². The fourth-order valence-electron chi connectivity index (χ4n) is 4.20. The molecule has 0 saturated heterocycles. The van der Waals surface area contributed by atoms with Crippen LogP contribution < -0.4 is 16.0 Å². The zero-order valence-corrected chi connectivity index (χ0v) is 18.9. The van der Waals surface area contributed by atoms with Gasteiger partial charge in [-0.15, -0.1) is 24.0 Å². The third kappa shape index (κ3) is 5.86. The Morgan fingerprint density at radius 2 is 2.15 bits per heavy atom. The lowest BCUT2D eigenvalue weighted by molar-refractivity contribution is -0.128. The van der Waals surface area contributed by atoms with Crippen LogP contribution in [0.25, 0.3) is 0 Å². The lowest BCUT2D eigenvalue weighted by Crippen LogP contribution is -2.47. The van der Waals surface area contributed by atoms with Crippen molar-refractivity contribution in [3.05, 3.63) is 24.2 Å². The number of furan rings is 1. The summed E-state index contributed by atoms with van der Waals surface area (Å²) in [5.41, 5.74) is -0.529. The maximum absolute atomic E-state index is 12.0. The van der Waals surface area contributed by atoms with Crippen LogP contribution in [0.3, 0.4) is 0 Å². The van der Waals surface area contributed by atoms with E-state index in [4.69, 9.17) is 9.41 Å². The molecular formula is C20H33IN4O2. The summed E-state index contributed by atoms with van der Waals surface area (Å²) in [7, 11) is 1.67. The molecule has 3 atom stereocenters. The molecule has 3 rings (SSSR count). The first-order valence-corrected chi connectivity index (χ1v) is 9.77. The van der Waals surface area contributed by atoms with Crippen molar-refractivity contribution in [2.45, 2.75) is 52.0 Å². The number of fused-ring (bicyclic) bond motifs is 2. The predicted octanol–water partition coefficient (Wildman–Crippen LogP) is 2.94. The maximum atomic E-state index is 12.0. The van der Waals surface area contributed by atoms with Crippen molar-refractivity contribution in [1.29, 1.82) is 0 Å². The summed E-state index contributed by atoms with van der Waals surface area (Å²) in [4.78, 5) is 16.8. The van der Waals surface area contributed by atoms with Gasteiger partial charge in [0.05, 0.1) is 18.2 Å². The molecule has 1 aromatic rings. The summed E-state index contributed by atoms with van der Waals surface area (Å²) < 4.78 is 5.40. The number of hydrogen-bond donors (Lipinski definition) is 3. The van der Waals surface area contributed by atoms with E-state index in [1.54, 1.807) is 13.3 Å². The van der Waals surface area contributed by atoms with Crippen molar-refractivity contribution < 1.29 is 9.21 Å². The number of aliphatic imine (C=N–C) groups is 1. The highest BCUT2D eigenvalue weighted by Gasteiger charge is 2.39. The van der Waals surface area contributed by atoms with E-state index >= 15 is 0 Å². The number of rotatable bonds is 7. The van der Waals surface area contributed by atoms with Crippen LogP contribution in [-0.2, 0) is 11.2 Å². The van der Waals surface area contributed by atoms with Gasteiger partial charge < -0.3 is 20.4 Å². The van der Waals surface area contributed by atoms with Gasteiger partial charge in [-0.2, -0.15) is 0 Å². The average molecular weight is 488 g/mol. The van der Waals surface area contributed by atoms with E-state index in [2.05, 4.69) is 16.0 Å². The monoisotopic (exact) mass is 488 g/mol. The molecule has 3 N–H and O–H groups in total. The van der Waals surface area contributed by atoms with Crippen molar-refractivity contribution in [1.82, 2.24) is 16.0 Å². The molecule has 2 saturated carbocycles. The molecule has 1 heterocycles. The highest BCUT2D eigenvalue weighted by atomic mass is 127. The van der Waals surface area contributed by atoms with Gasteiger partial charge in [0, 0.05) is 26.1 Å². The third-order valence-electron chi connectivity index (χ3n) is 5.78. The molecular weight excluding hydrogens is 455 g/mol. The molecule has 2 fully saturated rings. The van der Waals surface area contributed by atoms with E-state index in [-0.39, 0.29) is 29.9 Å². The van der Waals surface area contributed by atoms with Gasteiger partial charge in [-0.1, -0.05) is 6.42 Å². The van der Waals surface area contributed by atoms with Gasteiger partial charge in [0.25, 0.3) is 0 Å². The van der Waals surface area contributed by atoms with E-state index < -0.39 is 5.41 Å². The van der Waals surface area contributed by atoms with Gasteiger partial charge in [0.15, 0.2) is 5.96 Å². The summed E-state index contributed by atoms with van der Waals surface area (Å²) in [6.07, 6.45) is 7.80. The van der Waals surface area contributed by atoms with Gasteiger partial charge in [-0.3, -0.25) is 9.79 Å². The molecule has 1 amide bonds. The minimum Gasteiger partial charge on any atom is -0.469 e. The van der Waals surface area contributed by atoms with Crippen molar-refractivity contribution in [2.24, 2.45) is 22.2 Å². The minimum absolute atomic E-state index is 0. The summed E-state index contributed by atoms with van der Waals surface area (Å²) in [5, 5.41) is 9.78. The highest BCUT2D eigenvalue weighted by molar-refractivity contribution is 14.0. The van der Waals surface area contributed by atoms with Gasteiger partial charge >= 0.3 is 0 Å². The van der Waals surface area contributed by atoms with Gasteiger partial charge in [0.2, 0.25) is 5.91 Å². The standard InChI is InChI=1S/C20H32N4O2.HI/c1-20(2,18(25)21-3)13-23-19(22-9-8-16-5-4-10-26-16)24-17-12-14-6-7-15(17)11-14;/h4-5,10,14-15,17H,6-9,11-13H2,1-3H3,(H,21,25)(H2,22,23,24);1H. The van der Waals surface area contributed by atoms with E-state index in [0.29, 0.717) is 12.6 Å². The fourth-order valence-corrected chi connectivity index (χ4v) is 4.20. The number of halogens is 1. The second kappa shape index (κ2) is 9.80. The lowest BCUT2D eigenvalue weighted by atomic mass is 9.92. The molecule has 0 radical (unpaired) electrons. The highest BCUT2D eigenvalue weighted by Crippen LogP contribution is 2.44. The summed E-state index contributed by atoms with van der Waals surface area (Å²) in [5.74, 6) is 3.43.